The molecule has 2 unspecified atom stereocenters. The standard InChI is InChI=1S/C34H59NO20/c1-11-24(33(51)30(48)19(53-11)4-14(17(41)7-37)25(43)18(42)8-38)35-16-2-12(6-36)13(26(44)28(16)46)3-20-29(47)27(45)15(22(9-39)54-20)5-21-31(49)34(52)32(50)23(10-40)55-21/h2,11,13-24,26-42,44-52H,3-10H2,1H3/t11-,13?,14-,15-,16?,17-,18+,19-,20-,21-,22-,23-,24-,26+,27+,28+,29+,30+,31+,32-,33+,34-/m1/s1. The number of nitrogens with one attached hydrogen (secondary N) is 1. The van der Waals surface area contributed by atoms with Crippen LogP contribution in [-0.4, -0.2) is 236 Å². The van der Waals surface area contributed by atoms with Crippen LogP contribution in [-0.2, 0) is 19.0 Å². The highest BCUT2D eigenvalue weighted by Crippen LogP contribution is 2.39. The van der Waals surface area contributed by atoms with E-state index < -0.39 is 179 Å². The van der Waals surface area contributed by atoms with E-state index in [1.807, 2.05) is 0 Å². The molecule has 22 atom stereocenters. The first-order chi connectivity index (χ1) is 25.9. The predicted molar refractivity (Wildman–Crippen MR) is 181 cm³/mol. The number of rotatable bonds is 16. The lowest BCUT2D eigenvalue weighted by molar-refractivity contribution is -0.253. The van der Waals surface area contributed by atoms with Crippen molar-refractivity contribution in [3.8, 4) is 0 Å². The van der Waals surface area contributed by atoms with Crippen molar-refractivity contribution >= 4 is 5.78 Å². The first-order valence-corrected chi connectivity index (χ1v) is 18.5. The zero-order valence-corrected chi connectivity index (χ0v) is 30.2. The van der Waals surface area contributed by atoms with Crippen molar-refractivity contribution in [2.45, 2.75) is 142 Å². The monoisotopic (exact) mass is 801 g/mol. The van der Waals surface area contributed by atoms with Gasteiger partial charge in [0, 0.05) is 11.8 Å². The first kappa shape index (κ1) is 46.3. The van der Waals surface area contributed by atoms with E-state index in [0.29, 0.717) is 0 Å². The molecule has 0 aromatic rings. The Labute approximate surface area is 316 Å². The molecule has 0 bridgehead atoms. The fourth-order valence-electron chi connectivity index (χ4n) is 8.37. The Hall–Kier alpha value is -1.39. The second kappa shape index (κ2) is 20.0. The highest BCUT2D eigenvalue weighted by molar-refractivity contribution is 5.85. The minimum atomic E-state index is -1.88. The Kier molecular flexibility index (Phi) is 16.9. The summed E-state index contributed by atoms with van der Waals surface area (Å²) in [5.41, 5.74) is 0.156. The second-order valence-electron chi connectivity index (χ2n) is 15.1. The van der Waals surface area contributed by atoms with E-state index in [9.17, 15) is 86.5 Å². The highest BCUT2D eigenvalue weighted by atomic mass is 16.6. The summed E-state index contributed by atoms with van der Waals surface area (Å²) in [5.74, 6) is -4.65. The van der Waals surface area contributed by atoms with Gasteiger partial charge in [-0.05, 0) is 31.8 Å². The zero-order chi connectivity index (χ0) is 41.0. The SMILES string of the molecule is C[C@H]1O[C@H](C[C@@H](C(=O)[C@@H](O)CO)[C@H](O)CO)[C@H](O)[C@@H](O)[C@@H]1NC1C=C(CO)C(C[C@H]2O[C@H](CO)[C@@H](C[C@H]3O[C@H](CO)[C@@H](O)[C@H](O)[C@H]3O)[C@H](O)[C@H]2O)[C@H](O)[C@H]1O. The van der Waals surface area contributed by atoms with Gasteiger partial charge in [0.1, 0.15) is 48.8 Å². The van der Waals surface area contributed by atoms with Crippen LogP contribution in [0.15, 0.2) is 11.6 Å². The molecule has 55 heavy (non-hydrogen) atoms. The summed E-state index contributed by atoms with van der Waals surface area (Å²) in [7, 11) is 0. The van der Waals surface area contributed by atoms with Gasteiger partial charge in [-0.15, -0.1) is 0 Å². The number of ketones is 1. The van der Waals surface area contributed by atoms with Crippen LogP contribution in [0.3, 0.4) is 0 Å². The Morgan fingerprint density at radius 1 is 0.655 bits per heavy atom. The minimum Gasteiger partial charge on any atom is -0.394 e. The maximum absolute atomic E-state index is 12.6. The normalized spacial score (nSPS) is 45.8. The topological polar surface area (TPSA) is 380 Å². The van der Waals surface area contributed by atoms with Crippen molar-refractivity contribution in [2.75, 3.05) is 33.0 Å². The van der Waals surface area contributed by atoms with Gasteiger partial charge in [0.2, 0.25) is 0 Å². The van der Waals surface area contributed by atoms with Crippen LogP contribution in [0.25, 0.3) is 0 Å². The van der Waals surface area contributed by atoms with Gasteiger partial charge in [-0.25, -0.2) is 0 Å². The Morgan fingerprint density at radius 2 is 1.22 bits per heavy atom. The number of aliphatic hydroxyl groups is 16. The number of Topliss-reactive ketones (excluding diaryl/α,β-unsaturated/α-hetero) is 1. The summed E-state index contributed by atoms with van der Waals surface area (Å²) >= 11 is 0. The van der Waals surface area contributed by atoms with Crippen LogP contribution >= 0.6 is 0 Å². The minimum absolute atomic E-state index is 0.156. The van der Waals surface area contributed by atoms with E-state index in [2.05, 4.69) is 5.32 Å². The Bertz CT molecular complexity index is 1240. The van der Waals surface area contributed by atoms with Crippen LogP contribution < -0.4 is 5.32 Å². The molecule has 0 amide bonds. The van der Waals surface area contributed by atoms with Gasteiger partial charge < -0.3 is 101 Å². The smallest absolute Gasteiger partial charge is 0.169 e. The molecule has 21 heteroatoms. The second-order valence-corrected chi connectivity index (χ2v) is 15.1. The molecular weight excluding hydrogens is 742 g/mol. The lowest BCUT2D eigenvalue weighted by Gasteiger charge is -2.48. The molecule has 0 aromatic heterocycles. The van der Waals surface area contributed by atoms with E-state index in [-0.39, 0.29) is 18.4 Å². The van der Waals surface area contributed by atoms with E-state index >= 15 is 0 Å². The molecule has 0 spiro atoms. The van der Waals surface area contributed by atoms with Crippen molar-refractivity contribution in [2.24, 2.45) is 17.8 Å². The maximum Gasteiger partial charge on any atom is 0.169 e. The fourth-order valence-corrected chi connectivity index (χ4v) is 8.37. The van der Waals surface area contributed by atoms with Crippen LogP contribution in [0.5, 0.6) is 0 Å². The summed E-state index contributed by atoms with van der Waals surface area (Å²) < 4.78 is 17.3. The molecule has 4 aliphatic rings. The molecule has 3 aliphatic heterocycles. The van der Waals surface area contributed by atoms with Gasteiger partial charge in [0.25, 0.3) is 0 Å². The number of hydrogen-bond donors (Lipinski definition) is 17. The largest absolute Gasteiger partial charge is 0.394 e. The quantitative estimate of drug-likeness (QED) is 0.0644. The molecule has 0 radical (unpaired) electrons. The van der Waals surface area contributed by atoms with Crippen molar-refractivity contribution in [1.29, 1.82) is 0 Å². The van der Waals surface area contributed by atoms with Crippen LogP contribution in [0.4, 0.5) is 0 Å². The third-order valence-electron chi connectivity index (χ3n) is 11.7. The highest BCUT2D eigenvalue weighted by Gasteiger charge is 2.52. The molecule has 0 saturated carbocycles. The lowest BCUT2D eigenvalue weighted by atomic mass is 9.74. The number of ether oxygens (including phenoxy) is 3. The molecule has 4 rings (SSSR count). The number of carbonyl (C=O) groups excluding carboxylic acids is 1. The summed E-state index contributed by atoms with van der Waals surface area (Å²) in [5, 5.41) is 169. The average Bonchev–Trinajstić information content (AvgIpc) is 3.18. The summed E-state index contributed by atoms with van der Waals surface area (Å²) in [4.78, 5) is 12.6. The van der Waals surface area contributed by atoms with Crippen LogP contribution in [0.1, 0.15) is 26.2 Å². The zero-order valence-electron chi connectivity index (χ0n) is 30.2. The lowest BCUT2D eigenvalue weighted by Crippen LogP contribution is -2.66. The molecule has 17 N–H and O–H groups in total. The van der Waals surface area contributed by atoms with Crippen molar-refractivity contribution in [1.82, 2.24) is 5.32 Å². The molecule has 21 nitrogen and oxygen atoms in total. The third kappa shape index (κ3) is 9.91. The van der Waals surface area contributed by atoms with E-state index in [1.54, 1.807) is 0 Å². The van der Waals surface area contributed by atoms with Gasteiger partial charge in [0.15, 0.2) is 5.78 Å². The van der Waals surface area contributed by atoms with Crippen LogP contribution in [0.2, 0.25) is 0 Å². The van der Waals surface area contributed by atoms with E-state index in [1.165, 1.54) is 13.0 Å². The molecule has 3 heterocycles. The summed E-state index contributed by atoms with van der Waals surface area (Å²) in [6.45, 7) is -2.39. The van der Waals surface area contributed by atoms with Gasteiger partial charge >= 0.3 is 0 Å². The summed E-state index contributed by atoms with van der Waals surface area (Å²) in [6, 6.07) is -2.29. The van der Waals surface area contributed by atoms with E-state index in [0.717, 1.165) is 0 Å². The van der Waals surface area contributed by atoms with Crippen molar-refractivity contribution < 1.29 is 101 Å². The first-order valence-electron chi connectivity index (χ1n) is 18.5. The molecule has 3 fully saturated rings. The number of carbonyl (C=O) groups is 1. The third-order valence-corrected chi connectivity index (χ3v) is 11.7. The van der Waals surface area contributed by atoms with Gasteiger partial charge in [0.05, 0.1) is 106 Å². The Balaban J connectivity index is 1.44. The van der Waals surface area contributed by atoms with Crippen molar-refractivity contribution in [3.05, 3.63) is 11.6 Å². The fraction of sp³-hybridized carbons (Fsp3) is 0.912. The molecule has 3 saturated heterocycles. The maximum atomic E-state index is 12.6. The van der Waals surface area contributed by atoms with Gasteiger partial charge in [-0.1, -0.05) is 6.08 Å². The van der Waals surface area contributed by atoms with Gasteiger partial charge in [-0.2, -0.15) is 0 Å². The number of hydrogen-bond acceptors (Lipinski definition) is 21. The predicted octanol–water partition coefficient (Wildman–Crippen LogP) is -8.91. The Morgan fingerprint density at radius 3 is 1.80 bits per heavy atom. The van der Waals surface area contributed by atoms with Gasteiger partial charge in [-0.3, -0.25) is 4.79 Å². The molecule has 1 aliphatic carbocycles. The van der Waals surface area contributed by atoms with Crippen molar-refractivity contribution in [3.63, 3.8) is 0 Å². The summed E-state index contributed by atoms with van der Waals surface area (Å²) in [6.07, 6.45) is -25.2. The molecular formula is C34H59NO20. The molecule has 320 valence electrons. The molecule has 0 aromatic carbocycles. The van der Waals surface area contributed by atoms with Crippen LogP contribution in [0, 0.1) is 17.8 Å². The average molecular weight is 802 g/mol. The van der Waals surface area contributed by atoms with E-state index in [4.69, 9.17) is 14.2 Å². The number of aliphatic hydroxyl groups excluding tert-OH is 16.